The molecular weight excluding hydrogens is 208 g/mol. The molecule has 0 aromatic rings. The van der Waals surface area contributed by atoms with Gasteiger partial charge in [-0.2, -0.15) is 0 Å². The van der Waals surface area contributed by atoms with Gasteiger partial charge in [0.1, 0.15) is 0 Å². The minimum Gasteiger partial charge on any atom is -0.341 e. The Morgan fingerprint density at radius 3 is 2.60 bits per heavy atom. The van der Waals surface area contributed by atoms with Crippen molar-refractivity contribution in [3.8, 4) is 0 Å². The van der Waals surface area contributed by atoms with Crippen molar-refractivity contribution in [1.29, 1.82) is 0 Å². The van der Waals surface area contributed by atoms with Crippen LogP contribution in [0.2, 0.25) is 0 Å². The molecule has 2 saturated heterocycles. The Kier molecular flexibility index (Phi) is 2.64. The average molecular weight is 226 g/mol. The maximum absolute atomic E-state index is 12.1. The van der Waals surface area contributed by atoms with Crippen LogP contribution in [-0.4, -0.2) is 41.6 Å². The van der Waals surface area contributed by atoms with Crippen molar-refractivity contribution in [3.05, 3.63) is 0 Å². The molecule has 1 aliphatic carbocycles. The third-order valence-corrected chi connectivity index (χ3v) is 4.99. The van der Waals surface area contributed by atoms with Gasteiger partial charge in [0.25, 0.3) is 0 Å². The molecule has 3 fully saturated rings. The van der Waals surface area contributed by atoms with E-state index in [1.54, 1.807) is 0 Å². The number of amides is 1. The molecule has 1 saturated carbocycles. The lowest BCUT2D eigenvalue weighted by Gasteiger charge is -2.20. The van der Waals surface area contributed by atoms with E-state index < -0.39 is 0 Å². The largest absolute Gasteiger partial charge is 0.341 e. The fourth-order valence-electron chi connectivity index (χ4n) is 3.19. The zero-order chi connectivity index (χ0) is 10.3. The first kappa shape index (κ1) is 9.97. The van der Waals surface area contributed by atoms with Gasteiger partial charge in [0, 0.05) is 24.7 Å². The minimum atomic E-state index is 0.105. The standard InChI is InChI=1S/C11H18N2OS/c14-11(10-6-15-7-12-10)13-4-8-2-1-3-9(8)5-13/h8-10,12H,1-7H2/t8?,9?,10-/m1/s1. The zero-order valence-corrected chi connectivity index (χ0v) is 9.76. The molecule has 2 aliphatic heterocycles. The minimum absolute atomic E-state index is 0.105. The number of fused-ring (bicyclic) bond motifs is 1. The third-order valence-electron chi connectivity index (χ3n) is 4.05. The van der Waals surface area contributed by atoms with Crippen molar-refractivity contribution in [3.63, 3.8) is 0 Å². The van der Waals surface area contributed by atoms with Crippen molar-refractivity contribution in [2.75, 3.05) is 24.7 Å². The van der Waals surface area contributed by atoms with E-state index in [-0.39, 0.29) is 6.04 Å². The highest BCUT2D eigenvalue weighted by atomic mass is 32.2. The third kappa shape index (κ3) is 1.78. The number of rotatable bonds is 1. The predicted octanol–water partition coefficient (Wildman–Crippen LogP) is 0.907. The Hall–Kier alpha value is -0.220. The summed E-state index contributed by atoms with van der Waals surface area (Å²) >= 11 is 1.83. The SMILES string of the molecule is O=C([C@H]1CSCN1)N1CC2CCCC2C1. The van der Waals surface area contributed by atoms with Crippen LogP contribution in [0, 0.1) is 11.8 Å². The lowest BCUT2D eigenvalue weighted by atomic mass is 10.0. The summed E-state index contributed by atoms with van der Waals surface area (Å²) in [5.74, 6) is 3.90. The van der Waals surface area contributed by atoms with E-state index in [1.807, 2.05) is 11.8 Å². The number of likely N-dealkylation sites (tertiary alicyclic amines) is 1. The lowest BCUT2D eigenvalue weighted by Crippen LogP contribution is -2.44. The molecule has 1 N–H and O–H groups in total. The highest BCUT2D eigenvalue weighted by Crippen LogP contribution is 2.38. The van der Waals surface area contributed by atoms with Gasteiger partial charge >= 0.3 is 0 Å². The Bertz CT molecular complexity index is 253. The summed E-state index contributed by atoms with van der Waals surface area (Å²) in [5, 5.41) is 3.27. The van der Waals surface area contributed by atoms with Gasteiger partial charge < -0.3 is 4.90 Å². The van der Waals surface area contributed by atoms with Crippen LogP contribution in [0.1, 0.15) is 19.3 Å². The van der Waals surface area contributed by atoms with Crippen LogP contribution in [-0.2, 0) is 4.79 Å². The Morgan fingerprint density at radius 1 is 1.27 bits per heavy atom. The topological polar surface area (TPSA) is 32.3 Å². The van der Waals surface area contributed by atoms with Gasteiger partial charge in [0.05, 0.1) is 6.04 Å². The summed E-state index contributed by atoms with van der Waals surface area (Å²) in [5.41, 5.74) is 0. The van der Waals surface area contributed by atoms with Gasteiger partial charge in [-0.05, 0) is 24.7 Å². The number of hydrogen-bond acceptors (Lipinski definition) is 3. The molecule has 3 atom stereocenters. The van der Waals surface area contributed by atoms with Crippen LogP contribution in [0.25, 0.3) is 0 Å². The molecule has 2 unspecified atom stereocenters. The van der Waals surface area contributed by atoms with E-state index in [0.717, 1.165) is 36.6 Å². The van der Waals surface area contributed by atoms with Gasteiger partial charge in [-0.15, -0.1) is 11.8 Å². The number of carbonyl (C=O) groups is 1. The van der Waals surface area contributed by atoms with E-state index in [1.165, 1.54) is 19.3 Å². The molecule has 0 spiro atoms. The summed E-state index contributed by atoms with van der Waals surface area (Å²) in [6, 6.07) is 0.105. The molecule has 0 bridgehead atoms. The van der Waals surface area contributed by atoms with Crippen molar-refractivity contribution < 1.29 is 4.79 Å². The van der Waals surface area contributed by atoms with Crippen molar-refractivity contribution >= 4 is 17.7 Å². The molecule has 1 amide bonds. The molecule has 0 aromatic heterocycles. The predicted molar refractivity (Wildman–Crippen MR) is 61.7 cm³/mol. The van der Waals surface area contributed by atoms with Crippen LogP contribution in [0.5, 0.6) is 0 Å². The molecule has 84 valence electrons. The van der Waals surface area contributed by atoms with Gasteiger partial charge in [-0.25, -0.2) is 0 Å². The van der Waals surface area contributed by atoms with Gasteiger partial charge in [0.2, 0.25) is 5.91 Å². The first-order valence-electron chi connectivity index (χ1n) is 5.94. The van der Waals surface area contributed by atoms with Crippen LogP contribution < -0.4 is 5.32 Å². The summed E-state index contributed by atoms with van der Waals surface area (Å²) in [6.07, 6.45) is 4.08. The molecule has 15 heavy (non-hydrogen) atoms. The number of thioether (sulfide) groups is 1. The smallest absolute Gasteiger partial charge is 0.240 e. The maximum atomic E-state index is 12.1. The molecule has 2 heterocycles. The molecule has 3 rings (SSSR count). The molecule has 0 radical (unpaired) electrons. The summed E-state index contributed by atoms with van der Waals surface area (Å²) in [4.78, 5) is 14.2. The number of nitrogens with one attached hydrogen (secondary N) is 1. The second-order valence-corrected chi connectivity index (χ2v) is 6.00. The monoisotopic (exact) mass is 226 g/mol. The van der Waals surface area contributed by atoms with Crippen molar-refractivity contribution in [2.45, 2.75) is 25.3 Å². The van der Waals surface area contributed by atoms with Crippen LogP contribution in [0.15, 0.2) is 0 Å². The second kappa shape index (κ2) is 3.98. The lowest BCUT2D eigenvalue weighted by molar-refractivity contribution is -0.131. The fourth-order valence-corrected chi connectivity index (χ4v) is 4.12. The van der Waals surface area contributed by atoms with Crippen LogP contribution in [0.3, 0.4) is 0 Å². The molecular formula is C11H18N2OS. The highest BCUT2D eigenvalue weighted by molar-refractivity contribution is 7.99. The summed E-state index contributed by atoms with van der Waals surface area (Å²) in [6.45, 7) is 2.07. The summed E-state index contributed by atoms with van der Waals surface area (Å²) in [7, 11) is 0. The molecule has 3 aliphatic rings. The Labute approximate surface area is 95.0 Å². The average Bonchev–Trinajstić information content (AvgIpc) is 2.92. The van der Waals surface area contributed by atoms with Gasteiger partial charge in [-0.1, -0.05) is 6.42 Å². The quantitative estimate of drug-likeness (QED) is 0.721. The normalized spacial score (nSPS) is 39.7. The van der Waals surface area contributed by atoms with Crippen molar-refractivity contribution in [2.24, 2.45) is 11.8 Å². The van der Waals surface area contributed by atoms with Gasteiger partial charge in [-0.3, -0.25) is 10.1 Å². The first-order chi connectivity index (χ1) is 7.34. The Morgan fingerprint density at radius 2 is 2.00 bits per heavy atom. The van der Waals surface area contributed by atoms with Crippen LogP contribution >= 0.6 is 11.8 Å². The Balaban J connectivity index is 1.61. The maximum Gasteiger partial charge on any atom is 0.240 e. The number of nitrogens with zero attached hydrogens (tertiary/aromatic N) is 1. The first-order valence-corrected chi connectivity index (χ1v) is 7.10. The molecule has 3 nitrogen and oxygen atoms in total. The van der Waals surface area contributed by atoms with Crippen molar-refractivity contribution in [1.82, 2.24) is 10.2 Å². The zero-order valence-electron chi connectivity index (χ0n) is 8.95. The summed E-state index contributed by atoms with van der Waals surface area (Å²) < 4.78 is 0. The fraction of sp³-hybridized carbons (Fsp3) is 0.909. The van der Waals surface area contributed by atoms with E-state index in [9.17, 15) is 4.79 Å². The molecule has 4 heteroatoms. The van der Waals surface area contributed by atoms with Crippen LogP contribution in [0.4, 0.5) is 0 Å². The van der Waals surface area contributed by atoms with Gasteiger partial charge in [0.15, 0.2) is 0 Å². The number of hydrogen-bond donors (Lipinski definition) is 1. The van der Waals surface area contributed by atoms with E-state index in [4.69, 9.17) is 0 Å². The van der Waals surface area contributed by atoms with E-state index in [2.05, 4.69) is 10.2 Å². The highest BCUT2D eigenvalue weighted by Gasteiger charge is 2.40. The van der Waals surface area contributed by atoms with E-state index in [0.29, 0.717) is 5.91 Å². The number of carbonyl (C=O) groups excluding carboxylic acids is 1. The second-order valence-electron chi connectivity index (χ2n) is 4.97. The molecule has 0 aromatic carbocycles. The van der Waals surface area contributed by atoms with E-state index >= 15 is 0 Å².